The van der Waals surface area contributed by atoms with Crippen molar-refractivity contribution < 1.29 is 0 Å². The van der Waals surface area contributed by atoms with E-state index in [1.54, 1.807) is 0 Å². The normalized spacial score (nSPS) is 14.9. The smallest absolute Gasteiger partial charge is 0.0410 e. The van der Waals surface area contributed by atoms with E-state index in [-0.39, 0.29) is 5.41 Å². The Bertz CT molecular complexity index is 390. The third-order valence-electron chi connectivity index (χ3n) is 3.84. The molecular formula is C16H27BrN2. The van der Waals surface area contributed by atoms with Crippen LogP contribution in [-0.2, 0) is 6.42 Å². The maximum absolute atomic E-state index is 4.27. The Balaban J connectivity index is 2.70. The Morgan fingerprint density at radius 2 is 1.95 bits per heavy atom. The fourth-order valence-electron chi connectivity index (χ4n) is 2.14. The van der Waals surface area contributed by atoms with Crippen LogP contribution in [0.15, 0.2) is 22.9 Å². The maximum atomic E-state index is 4.27. The van der Waals surface area contributed by atoms with E-state index in [4.69, 9.17) is 0 Å². The molecule has 1 atom stereocenters. The van der Waals surface area contributed by atoms with Gasteiger partial charge in [0.15, 0.2) is 0 Å². The number of rotatable bonds is 7. The van der Waals surface area contributed by atoms with E-state index < -0.39 is 0 Å². The van der Waals surface area contributed by atoms with E-state index in [0.717, 1.165) is 24.0 Å². The van der Waals surface area contributed by atoms with Gasteiger partial charge in [0.1, 0.15) is 0 Å². The van der Waals surface area contributed by atoms with Crippen LogP contribution in [0.25, 0.3) is 0 Å². The van der Waals surface area contributed by atoms with Crippen LogP contribution in [0, 0.1) is 17.3 Å². The topological polar surface area (TPSA) is 24.9 Å². The number of aromatic nitrogens is 1. The highest BCUT2D eigenvalue weighted by molar-refractivity contribution is 9.10. The van der Waals surface area contributed by atoms with Gasteiger partial charge < -0.3 is 5.32 Å². The second-order valence-corrected chi connectivity index (χ2v) is 7.44. The van der Waals surface area contributed by atoms with Gasteiger partial charge >= 0.3 is 0 Å². The third-order valence-corrected chi connectivity index (χ3v) is 4.28. The minimum atomic E-state index is 0.261. The first-order chi connectivity index (χ1) is 8.83. The molecular weight excluding hydrogens is 300 g/mol. The van der Waals surface area contributed by atoms with Gasteiger partial charge in [0, 0.05) is 23.4 Å². The molecule has 1 N–H and O–H groups in total. The van der Waals surface area contributed by atoms with Gasteiger partial charge in [-0.1, -0.05) is 34.6 Å². The summed E-state index contributed by atoms with van der Waals surface area (Å²) in [6.45, 7) is 13.6. The van der Waals surface area contributed by atoms with Crippen LogP contribution in [-0.4, -0.2) is 18.1 Å². The summed E-state index contributed by atoms with van der Waals surface area (Å²) in [5, 5.41) is 3.61. The largest absolute Gasteiger partial charge is 0.316 e. The minimum Gasteiger partial charge on any atom is -0.316 e. The first-order valence-electron chi connectivity index (χ1n) is 7.13. The second-order valence-electron chi connectivity index (χ2n) is 6.52. The van der Waals surface area contributed by atoms with Crippen molar-refractivity contribution in [3.63, 3.8) is 0 Å². The fourth-order valence-corrected chi connectivity index (χ4v) is 2.55. The maximum Gasteiger partial charge on any atom is 0.0410 e. The first kappa shape index (κ1) is 16.6. The standard InChI is InChI=1S/C16H27BrN2/c1-12(2)8-19-11-16(5,13(3)4)7-14-6-15(17)10-18-9-14/h6,9-10,12-13,19H,7-8,11H2,1-5H3. The monoisotopic (exact) mass is 326 g/mol. The molecule has 1 aromatic rings. The number of nitrogens with zero attached hydrogens (tertiary/aromatic N) is 1. The Kier molecular flexibility index (Phi) is 6.48. The molecule has 0 fully saturated rings. The molecule has 1 aromatic heterocycles. The zero-order valence-electron chi connectivity index (χ0n) is 12.8. The van der Waals surface area contributed by atoms with E-state index in [1.807, 2.05) is 12.4 Å². The van der Waals surface area contributed by atoms with Gasteiger partial charge in [-0.25, -0.2) is 0 Å². The molecule has 0 amide bonds. The van der Waals surface area contributed by atoms with E-state index in [1.165, 1.54) is 5.56 Å². The minimum absolute atomic E-state index is 0.261. The average Bonchev–Trinajstić information content (AvgIpc) is 2.28. The van der Waals surface area contributed by atoms with Crippen LogP contribution in [0.5, 0.6) is 0 Å². The molecule has 0 bridgehead atoms. The number of nitrogens with one attached hydrogen (secondary N) is 1. The van der Waals surface area contributed by atoms with E-state index >= 15 is 0 Å². The molecule has 0 aliphatic rings. The zero-order valence-corrected chi connectivity index (χ0v) is 14.4. The lowest BCUT2D eigenvalue weighted by atomic mass is 9.74. The summed E-state index contributed by atoms with van der Waals surface area (Å²) in [5.74, 6) is 1.33. The molecule has 2 nitrogen and oxygen atoms in total. The molecule has 108 valence electrons. The first-order valence-corrected chi connectivity index (χ1v) is 7.93. The average molecular weight is 327 g/mol. The second kappa shape index (κ2) is 7.39. The summed E-state index contributed by atoms with van der Waals surface area (Å²) in [5.41, 5.74) is 1.56. The number of hydrogen-bond donors (Lipinski definition) is 1. The van der Waals surface area contributed by atoms with E-state index in [0.29, 0.717) is 11.8 Å². The van der Waals surface area contributed by atoms with Crippen molar-refractivity contribution in [1.82, 2.24) is 10.3 Å². The summed E-state index contributed by atoms with van der Waals surface area (Å²) >= 11 is 3.50. The van der Waals surface area contributed by atoms with Crippen molar-refractivity contribution in [3.05, 3.63) is 28.5 Å². The summed E-state index contributed by atoms with van der Waals surface area (Å²) in [4.78, 5) is 4.27. The number of hydrogen-bond acceptors (Lipinski definition) is 2. The Labute approximate surface area is 126 Å². The number of halogens is 1. The summed E-state index contributed by atoms with van der Waals surface area (Å²) in [6, 6.07) is 2.18. The van der Waals surface area contributed by atoms with Gasteiger partial charge in [-0.3, -0.25) is 4.98 Å². The van der Waals surface area contributed by atoms with Crippen molar-refractivity contribution in [1.29, 1.82) is 0 Å². The van der Waals surface area contributed by atoms with Gasteiger partial charge in [-0.05, 0) is 57.8 Å². The predicted octanol–water partition coefficient (Wildman–Crippen LogP) is 4.29. The van der Waals surface area contributed by atoms with E-state index in [9.17, 15) is 0 Å². The van der Waals surface area contributed by atoms with Crippen molar-refractivity contribution in [2.24, 2.45) is 17.3 Å². The van der Waals surface area contributed by atoms with Crippen molar-refractivity contribution in [2.45, 2.75) is 41.0 Å². The lowest BCUT2D eigenvalue weighted by Crippen LogP contribution is -2.39. The Hall–Kier alpha value is -0.410. The highest BCUT2D eigenvalue weighted by atomic mass is 79.9. The molecule has 1 unspecified atom stereocenters. The van der Waals surface area contributed by atoms with Gasteiger partial charge in [0.05, 0.1) is 0 Å². The molecule has 0 saturated heterocycles. The summed E-state index contributed by atoms with van der Waals surface area (Å²) in [7, 11) is 0. The van der Waals surface area contributed by atoms with Crippen LogP contribution >= 0.6 is 15.9 Å². The Morgan fingerprint density at radius 3 is 2.47 bits per heavy atom. The van der Waals surface area contributed by atoms with Crippen LogP contribution in [0.3, 0.4) is 0 Å². The molecule has 0 radical (unpaired) electrons. The highest BCUT2D eigenvalue weighted by Gasteiger charge is 2.28. The predicted molar refractivity (Wildman–Crippen MR) is 86.3 cm³/mol. The highest BCUT2D eigenvalue weighted by Crippen LogP contribution is 2.31. The van der Waals surface area contributed by atoms with E-state index in [2.05, 4.69) is 66.9 Å². The Morgan fingerprint density at radius 1 is 1.26 bits per heavy atom. The molecule has 1 heterocycles. The molecule has 0 aliphatic heterocycles. The molecule has 19 heavy (non-hydrogen) atoms. The molecule has 0 aromatic carbocycles. The molecule has 0 spiro atoms. The van der Waals surface area contributed by atoms with Gasteiger partial charge in [-0.15, -0.1) is 0 Å². The van der Waals surface area contributed by atoms with Crippen molar-refractivity contribution in [2.75, 3.05) is 13.1 Å². The molecule has 3 heteroatoms. The van der Waals surface area contributed by atoms with Gasteiger partial charge in [-0.2, -0.15) is 0 Å². The zero-order chi connectivity index (χ0) is 14.5. The third kappa shape index (κ3) is 5.62. The quantitative estimate of drug-likeness (QED) is 0.808. The summed E-state index contributed by atoms with van der Waals surface area (Å²) in [6.07, 6.45) is 4.88. The van der Waals surface area contributed by atoms with Crippen LogP contribution in [0.4, 0.5) is 0 Å². The van der Waals surface area contributed by atoms with Crippen LogP contribution < -0.4 is 5.32 Å². The molecule has 0 aliphatic carbocycles. The number of pyridine rings is 1. The lowest BCUT2D eigenvalue weighted by Gasteiger charge is -2.34. The van der Waals surface area contributed by atoms with Crippen LogP contribution in [0.1, 0.15) is 40.2 Å². The fraction of sp³-hybridized carbons (Fsp3) is 0.688. The SMILES string of the molecule is CC(C)CNCC(C)(Cc1cncc(Br)c1)C(C)C. The van der Waals surface area contributed by atoms with Crippen molar-refractivity contribution >= 4 is 15.9 Å². The van der Waals surface area contributed by atoms with Crippen molar-refractivity contribution in [3.8, 4) is 0 Å². The lowest BCUT2D eigenvalue weighted by molar-refractivity contribution is 0.205. The summed E-state index contributed by atoms with van der Waals surface area (Å²) < 4.78 is 1.06. The molecule has 1 rings (SSSR count). The van der Waals surface area contributed by atoms with Gasteiger partial charge in [0.2, 0.25) is 0 Å². The van der Waals surface area contributed by atoms with Gasteiger partial charge in [0.25, 0.3) is 0 Å². The molecule has 0 saturated carbocycles. The van der Waals surface area contributed by atoms with Crippen LogP contribution in [0.2, 0.25) is 0 Å².